The summed E-state index contributed by atoms with van der Waals surface area (Å²) in [6.45, 7) is 3.34. The molecule has 1 aromatic rings. The molecule has 2 amide bonds. The molecule has 0 radical (unpaired) electrons. The van der Waals surface area contributed by atoms with Crippen LogP contribution in [0.4, 0.5) is 0 Å². The Morgan fingerprint density at radius 2 is 1.56 bits per heavy atom. The summed E-state index contributed by atoms with van der Waals surface area (Å²) in [6, 6.07) is 5.25. The summed E-state index contributed by atoms with van der Waals surface area (Å²) in [4.78, 5) is 36.3. The number of imide groups is 1. The molecule has 18 heavy (non-hydrogen) atoms. The van der Waals surface area contributed by atoms with Gasteiger partial charge in [-0.1, -0.05) is 26.0 Å². The molecule has 1 aromatic carbocycles. The van der Waals surface area contributed by atoms with Gasteiger partial charge in [-0.2, -0.15) is 0 Å². The molecule has 0 unspecified atom stereocenters. The van der Waals surface area contributed by atoms with E-state index in [9.17, 15) is 19.5 Å². The number of hydrogen-bond acceptors (Lipinski definition) is 3. The molecule has 1 N–H and O–H groups in total. The van der Waals surface area contributed by atoms with Crippen LogP contribution in [0.2, 0.25) is 0 Å². The lowest BCUT2D eigenvalue weighted by Gasteiger charge is -2.25. The van der Waals surface area contributed by atoms with Crippen LogP contribution in [-0.4, -0.2) is 33.8 Å². The van der Waals surface area contributed by atoms with Crippen LogP contribution in [0.1, 0.15) is 34.6 Å². The van der Waals surface area contributed by atoms with E-state index in [0.717, 1.165) is 4.90 Å². The van der Waals surface area contributed by atoms with Crippen molar-refractivity contribution in [1.29, 1.82) is 0 Å². The summed E-state index contributed by atoms with van der Waals surface area (Å²) < 4.78 is 0. The van der Waals surface area contributed by atoms with Crippen molar-refractivity contribution in [3.05, 3.63) is 35.4 Å². The van der Waals surface area contributed by atoms with Gasteiger partial charge in [0.2, 0.25) is 0 Å². The number of benzene rings is 1. The van der Waals surface area contributed by atoms with E-state index in [1.165, 1.54) is 12.1 Å². The topological polar surface area (TPSA) is 74.7 Å². The summed E-state index contributed by atoms with van der Waals surface area (Å²) in [7, 11) is 0. The van der Waals surface area contributed by atoms with E-state index in [1.54, 1.807) is 26.0 Å². The highest BCUT2D eigenvalue weighted by atomic mass is 16.4. The predicted octanol–water partition coefficient (Wildman–Crippen LogP) is 1.39. The average molecular weight is 247 g/mol. The third kappa shape index (κ3) is 1.68. The number of fused-ring (bicyclic) bond motifs is 1. The largest absolute Gasteiger partial charge is 0.480 e. The first-order valence-electron chi connectivity index (χ1n) is 5.65. The smallest absolute Gasteiger partial charge is 0.327 e. The normalized spacial score (nSPS) is 16.1. The van der Waals surface area contributed by atoms with Gasteiger partial charge in [-0.3, -0.25) is 14.5 Å². The average Bonchev–Trinajstić information content (AvgIpc) is 2.55. The second-order valence-corrected chi connectivity index (χ2v) is 4.55. The zero-order valence-corrected chi connectivity index (χ0v) is 10.1. The zero-order chi connectivity index (χ0) is 13.4. The van der Waals surface area contributed by atoms with E-state index in [2.05, 4.69) is 0 Å². The number of amides is 2. The first-order chi connectivity index (χ1) is 8.45. The van der Waals surface area contributed by atoms with Gasteiger partial charge in [0.25, 0.3) is 11.8 Å². The monoisotopic (exact) mass is 247 g/mol. The van der Waals surface area contributed by atoms with Crippen LogP contribution in [0, 0.1) is 5.92 Å². The fourth-order valence-corrected chi connectivity index (χ4v) is 2.15. The van der Waals surface area contributed by atoms with Crippen LogP contribution in [0.3, 0.4) is 0 Å². The molecule has 0 saturated carbocycles. The van der Waals surface area contributed by atoms with Crippen molar-refractivity contribution in [2.75, 3.05) is 0 Å². The van der Waals surface area contributed by atoms with Crippen LogP contribution in [-0.2, 0) is 4.79 Å². The van der Waals surface area contributed by atoms with Crippen molar-refractivity contribution in [3.63, 3.8) is 0 Å². The van der Waals surface area contributed by atoms with E-state index in [-0.39, 0.29) is 17.0 Å². The maximum absolute atomic E-state index is 12.1. The van der Waals surface area contributed by atoms with Gasteiger partial charge in [-0.05, 0) is 18.1 Å². The quantitative estimate of drug-likeness (QED) is 0.819. The maximum Gasteiger partial charge on any atom is 0.327 e. The highest BCUT2D eigenvalue weighted by molar-refractivity contribution is 6.22. The van der Waals surface area contributed by atoms with Crippen molar-refractivity contribution in [2.24, 2.45) is 5.92 Å². The van der Waals surface area contributed by atoms with Crippen LogP contribution >= 0.6 is 0 Å². The molecule has 1 aliphatic heterocycles. The molecular weight excluding hydrogens is 234 g/mol. The van der Waals surface area contributed by atoms with Gasteiger partial charge in [0.15, 0.2) is 0 Å². The summed E-state index contributed by atoms with van der Waals surface area (Å²) in [5.74, 6) is -2.57. The molecule has 0 fully saturated rings. The van der Waals surface area contributed by atoms with E-state index in [1.807, 2.05) is 0 Å². The molecule has 5 heteroatoms. The Kier molecular flexibility index (Phi) is 2.90. The standard InChI is InChI=1S/C13H13NO4/c1-7(2)10(13(17)18)14-11(15)8-5-3-4-6-9(8)12(14)16/h3-7,10H,1-2H3,(H,17,18)/t10-/m1/s1. The van der Waals surface area contributed by atoms with Crippen molar-refractivity contribution in [1.82, 2.24) is 4.90 Å². The summed E-state index contributed by atoms with van der Waals surface area (Å²) in [5, 5.41) is 9.17. The SMILES string of the molecule is CC(C)[C@H](C(=O)O)N1C(=O)c2ccccc2C1=O. The van der Waals surface area contributed by atoms with Gasteiger partial charge >= 0.3 is 5.97 Å². The molecule has 0 spiro atoms. The molecule has 0 aliphatic carbocycles. The zero-order valence-electron chi connectivity index (χ0n) is 10.1. The van der Waals surface area contributed by atoms with Gasteiger partial charge in [-0.25, -0.2) is 4.79 Å². The second kappa shape index (κ2) is 4.25. The fraction of sp³-hybridized carbons (Fsp3) is 0.308. The molecule has 5 nitrogen and oxygen atoms in total. The highest BCUT2D eigenvalue weighted by Gasteiger charge is 2.43. The minimum atomic E-state index is -1.17. The second-order valence-electron chi connectivity index (χ2n) is 4.55. The number of carboxylic acids is 1. The van der Waals surface area contributed by atoms with Crippen molar-refractivity contribution >= 4 is 17.8 Å². The third-order valence-electron chi connectivity index (χ3n) is 2.99. The fourth-order valence-electron chi connectivity index (χ4n) is 2.15. The number of rotatable bonds is 3. The van der Waals surface area contributed by atoms with Crippen LogP contribution in [0.25, 0.3) is 0 Å². The molecule has 1 heterocycles. The Balaban J connectivity index is 2.47. The lowest BCUT2D eigenvalue weighted by molar-refractivity contribution is -0.143. The van der Waals surface area contributed by atoms with Gasteiger partial charge in [0, 0.05) is 0 Å². The number of aliphatic carboxylic acids is 1. The van der Waals surface area contributed by atoms with Crippen molar-refractivity contribution < 1.29 is 19.5 Å². The summed E-state index contributed by atoms with van der Waals surface area (Å²) in [6.07, 6.45) is 0. The lowest BCUT2D eigenvalue weighted by Crippen LogP contribution is -2.47. The van der Waals surface area contributed by atoms with E-state index in [0.29, 0.717) is 0 Å². The number of carbonyl (C=O) groups excluding carboxylic acids is 2. The van der Waals surface area contributed by atoms with Gasteiger partial charge < -0.3 is 5.11 Å². The van der Waals surface area contributed by atoms with Crippen LogP contribution in [0.15, 0.2) is 24.3 Å². The molecule has 2 rings (SSSR count). The molecule has 1 atom stereocenters. The van der Waals surface area contributed by atoms with Crippen molar-refractivity contribution in [2.45, 2.75) is 19.9 Å². The Labute approximate surface area is 104 Å². The summed E-state index contributed by atoms with van der Waals surface area (Å²) in [5.41, 5.74) is 0.545. The highest BCUT2D eigenvalue weighted by Crippen LogP contribution is 2.26. The number of hydrogen-bond donors (Lipinski definition) is 1. The van der Waals surface area contributed by atoms with Gasteiger partial charge in [0.1, 0.15) is 6.04 Å². The Morgan fingerprint density at radius 1 is 1.11 bits per heavy atom. The van der Waals surface area contributed by atoms with E-state index >= 15 is 0 Å². The molecule has 0 bridgehead atoms. The van der Waals surface area contributed by atoms with Crippen LogP contribution in [0.5, 0.6) is 0 Å². The molecule has 0 saturated heterocycles. The third-order valence-corrected chi connectivity index (χ3v) is 2.99. The number of nitrogens with zero attached hydrogens (tertiary/aromatic N) is 1. The van der Waals surface area contributed by atoms with Crippen LogP contribution < -0.4 is 0 Å². The Bertz CT molecular complexity index is 501. The molecular formula is C13H13NO4. The van der Waals surface area contributed by atoms with Crippen molar-refractivity contribution in [3.8, 4) is 0 Å². The summed E-state index contributed by atoms with van der Waals surface area (Å²) >= 11 is 0. The lowest BCUT2D eigenvalue weighted by atomic mass is 10.0. The molecule has 1 aliphatic rings. The first kappa shape index (κ1) is 12.3. The minimum Gasteiger partial charge on any atom is -0.480 e. The molecule has 94 valence electrons. The Morgan fingerprint density at radius 3 is 1.89 bits per heavy atom. The Hall–Kier alpha value is -2.17. The van der Waals surface area contributed by atoms with E-state index in [4.69, 9.17) is 0 Å². The molecule has 0 aromatic heterocycles. The minimum absolute atomic E-state index is 0.273. The van der Waals surface area contributed by atoms with Gasteiger partial charge in [0.05, 0.1) is 11.1 Å². The predicted molar refractivity (Wildman–Crippen MR) is 63.2 cm³/mol. The number of carbonyl (C=O) groups is 3. The van der Waals surface area contributed by atoms with E-state index < -0.39 is 23.8 Å². The number of carboxylic acid groups (broad SMARTS) is 1. The van der Waals surface area contributed by atoms with Gasteiger partial charge in [-0.15, -0.1) is 0 Å². The maximum atomic E-state index is 12.1. The first-order valence-corrected chi connectivity index (χ1v) is 5.65.